The van der Waals surface area contributed by atoms with Crippen LogP contribution >= 0.6 is 0 Å². The quantitative estimate of drug-likeness (QED) is 0.416. The van der Waals surface area contributed by atoms with E-state index in [0.717, 1.165) is 5.56 Å². The smallest absolute Gasteiger partial charge is 0.747 e. The summed E-state index contributed by atoms with van der Waals surface area (Å²) >= 11 is 0. The van der Waals surface area contributed by atoms with Crippen molar-refractivity contribution < 1.29 is 43.9 Å². The molecule has 0 N–H and O–H groups in total. The van der Waals surface area contributed by atoms with Crippen LogP contribution < -0.4 is 29.6 Å². The van der Waals surface area contributed by atoms with Crippen LogP contribution in [0.3, 0.4) is 0 Å². The second-order valence-electron chi connectivity index (χ2n) is 3.03. The van der Waals surface area contributed by atoms with E-state index in [0.29, 0.717) is 12.0 Å². The monoisotopic (exact) mass is 221 g/mol. The van der Waals surface area contributed by atoms with Crippen molar-refractivity contribution in [3.05, 3.63) is 35.4 Å². The number of hydrogen-bond donors (Lipinski definition) is 0. The van der Waals surface area contributed by atoms with Crippen LogP contribution in [0.15, 0.2) is 24.3 Å². The number of aryl methyl sites for hydroxylation is 1. The average Bonchev–Trinajstić information content (AvgIpc) is 2.45. The Morgan fingerprint density at radius 3 is 2.71 bits per heavy atom. The molecule has 1 aliphatic rings. The summed E-state index contributed by atoms with van der Waals surface area (Å²) in [6.45, 7) is 0. The van der Waals surface area contributed by atoms with E-state index in [1.807, 2.05) is 0 Å². The van der Waals surface area contributed by atoms with E-state index in [-0.39, 0.29) is 36.0 Å². The molecular weight excluding hydrogens is 211 g/mol. The van der Waals surface area contributed by atoms with Gasteiger partial charge in [-0.1, -0.05) is 24.3 Å². The standard InChI is InChI=1S/C9H10O3S.Na/c10-13(11,12)9-6-5-7-3-1-2-4-8(7)9;/h1-4,9H,5-6H2,(H,10,11,12);/q;+1/p-1/i9D;. The van der Waals surface area contributed by atoms with Crippen molar-refractivity contribution in [3.63, 3.8) is 0 Å². The molecule has 0 radical (unpaired) electrons. The summed E-state index contributed by atoms with van der Waals surface area (Å²) in [5.74, 6) is 0. The van der Waals surface area contributed by atoms with Crippen LogP contribution in [0.2, 0.25) is 0 Å². The number of benzene rings is 1. The summed E-state index contributed by atoms with van der Waals surface area (Å²) in [5, 5.41) is -1.97. The molecule has 0 aromatic heterocycles. The summed E-state index contributed by atoms with van der Waals surface area (Å²) in [7, 11) is -4.60. The fraction of sp³-hybridized carbons (Fsp3) is 0.333. The maximum Gasteiger partial charge on any atom is 1.00 e. The summed E-state index contributed by atoms with van der Waals surface area (Å²) in [4.78, 5) is 0. The number of hydrogen-bond acceptors (Lipinski definition) is 3. The van der Waals surface area contributed by atoms with Gasteiger partial charge in [-0.25, -0.2) is 8.42 Å². The van der Waals surface area contributed by atoms with Gasteiger partial charge in [0.1, 0.15) is 10.1 Å². The van der Waals surface area contributed by atoms with E-state index in [1.165, 1.54) is 0 Å². The van der Waals surface area contributed by atoms with Crippen molar-refractivity contribution in [2.24, 2.45) is 0 Å². The molecule has 0 heterocycles. The van der Waals surface area contributed by atoms with E-state index in [2.05, 4.69) is 0 Å². The summed E-state index contributed by atoms with van der Waals surface area (Å²) in [6.07, 6.45) is 0.555. The first-order valence-electron chi connectivity index (χ1n) is 4.49. The zero-order chi connectivity index (χ0) is 10.4. The van der Waals surface area contributed by atoms with Crippen LogP contribution in [0.1, 0.15) is 24.1 Å². The van der Waals surface area contributed by atoms with Gasteiger partial charge < -0.3 is 4.55 Å². The van der Waals surface area contributed by atoms with Crippen molar-refractivity contribution in [1.82, 2.24) is 0 Å². The van der Waals surface area contributed by atoms with Crippen LogP contribution in [0.5, 0.6) is 0 Å². The molecule has 2 rings (SSSR count). The minimum Gasteiger partial charge on any atom is -0.747 e. The second-order valence-corrected chi connectivity index (χ2v) is 4.44. The Balaban J connectivity index is 0.00000112. The van der Waals surface area contributed by atoms with E-state index in [1.54, 1.807) is 24.3 Å². The van der Waals surface area contributed by atoms with Gasteiger partial charge >= 0.3 is 29.6 Å². The Kier molecular flexibility index (Phi) is 3.29. The van der Waals surface area contributed by atoms with Crippen LogP contribution in [-0.2, 0) is 16.5 Å². The molecule has 0 aliphatic heterocycles. The molecule has 0 saturated heterocycles. The fourth-order valence-electron chi connectivity index (χ4n) is 1.65. The number of fused-ring (bicyclic) bond motifs is 1. The molecule has 1 aliphatic carbocycles. The zero-order valence-electron chi connectivity index (χ0n) is 8.86. The Bertz CT molecular complexity index is 474. The maximum absolute atomic E-state index is 11.0. The first-order valence-corrected chi connectivity index (χ1v) is 5.40. The summed E-state index contributed by atoms with van der Waals surface area (Å²) < 4.78 is 40.6. The van der Waals surface area contributed by atoms with Crippen LogP contribution in [0.4, 0.5) is 0 Å². The van der Waals surface area contributed by atoms with Crippen molar-refractivity contribution in [3.8, 4) is 0 Å². The Labute approximate surface area is 107 Å². The van der Waals surface area contributed by atoms with Gasteiger partial charge in [-0.05, 0) is 24.0 Å². The third-order valence-electron chi connectivity index (χ3n) is 2.24. The third-order valence-corrected chi connectivity index (χ3v) is 3.27. The number of rotatable bonds is 1. The average molecular weight is 221 g/mol. The van der Waals surface area contributed by atoms with E-state index in [4.69, 9.17) is 1.37 Å². The largest absolute Gasteiger partial charge is 1.00 e. The predicted octanol–water partition coefficient (Wildman–Crippen LogP) is -1.78. The van der Waals surface area contributed by atoms with Gasteiger partial charge in [0.05, 0.1) is 6.60 Å². The van der Waals surface area contributed by atoms with Gasteiger partial charge in [0.25, 0.3) is 0 Å². The van der Waals surface area contributed by atoms with Crippen LogP contribution in [-0.4, -0.2) is 13.0 Å². The van der Waals surface area contributed by atoms with Gasteiger partial charge in [-0.2, -0.15) is 0 Å². The molecule has 5 heteroatoms. The van der Waals surface area contributed by atoms with Crippen molar-refractivity contribution in [2.45, 2.75) is 18.1 Å². The van der Waals surface area contributed by atoms with E-state index in [9.17, 15) is 13.0 Å². The summed E-state index contributed by atoms with van der Waals surface area (Å²) in [6, 6.07) is 6.74. The topological polar surface area (TPSA) is 57.2 Å². The van der Waals surface area contributed by atoms with Gasteiger partial charge in [0.2, 0.25) is 0 Å². The molecular formula is C9H9NaO3S. The van der Waals surface area contributed by atoms with E-state index < -0.39 is 15.3 Å². The van der Waals surface area contributed by atoms with Crippen molar-refractivity contribution in [2.75, 3.05) is 0 Å². The SMILES string of the molecule is [2H]C1(S(=O)(=O)[O-])CCc2ccccc21.[Na+]. The van der Waals surface area contributed by atoms with Gasteiger partial charge in [0, 0.05) is 0 Å². The fourth-order valence-corrected chi connectivity index (χ4v) is 2.47. The zero-order valence-corrected chi connectivity index (χ0v) is 10.7. The molecule has 0 fully saturated rings. The van der Waals surface area contributed by atoms with Crippen LogP contribution in [0.25, 0.3) is 0 Å². The van der Waals surface area contributed by atoms with Crippen molar-refractivity contribution >= 4 is 10.1 Å². The molecule has 0 amide bonds. The molecule has 0 bridgehead atoms. The second kappa shape index (κ2) is 4.33. The molecule has 1 aromatic rings. The minimum absolute atomic E-state index is 0. The maximum atomic E-state index is 11.0. The third kappa shape index (κ3) is 2.20. The van der Waals surface area contributed by atoms with Crippen LogP contribution in [0, 0.1) is 0 Å². The molecule has 1 unspecified atom stereocenters. The molecule has 0 spiro atoms. The summed E-state index contributed by atoms with van der Waals surface area (Å²) in [5.41, 5.74) is 1.14. The van der Waals surface area contributed by atoms with Crippen molar-refractivity contribution in [1.29, 1.82) is 0 Å². The first kappa shape index (κ1) is 10.6. The minimum atomic E-state index is -4.60. The predicted molar refractivity (Wildman–Crippen MR) is 47.2 cm³/mol. The molecule has 1 aromatic carbocycles. The Morgan fingerprint density at radius 2 is 2.07 bits per heavy atom. The van der Waals surface area contributed by atoms with Gasteiger partial charge in [-0.3, -0.25) is 0 Å². The van der Waals surface area contributed by atoms with Gasteiger partial charge in [-0.15, -0.1) is 0 Å². The van der Waals surface area contributed by atoms with E-state index >= 15 is 0 Å². The molecule has 14 heavy (non-hydrogen) atoms. The Morgan fingerprint density at radius 1 is 1.43 bits per heavy atom. The molecule has 1 atom stereocenters. The molecule has 0 saturated carbocycles. The molecule has 70 valence electrons. The first-order chi connectivity index (χ1) is 6.45. The normalized spacial score (nSPS) is 26.2. The Hall–Kier alpha value is 0.130. The molecule has 3 nitrogen and oxygen atoms in total. The van der Waals surface area contributed by atoms with Gasteiger partial charge in [0.15, 0.2) is 0 Å².